The Kier molecular flexibility index (Phi) is 1.81. The summed E-state index contributed by atoms with van der Waals surface area (Å²) in [6.45, 7) is 0. The van der Waals surface area contributed by atoms with E-state index in [1.807, 2.05) is 0 Å². The maximum absolute atomic E-state index is 11.0. The average Bonchev–Trinajstić information content (AvgIpc) is 2.16. The number of carboxylic acid groups (broad SMARTS) is 1. The van der Waals surface area contributed by atoms with Crippen molar-refractivity contribution in [2.45, 2.75) is 0 Å². The quantitative estimate of drug-likeness (QED) is 0.708. The van der Waals surface area contributed by atoms with E-state index in [4.69, 9.17) is 5.11 Å². The Labute approximate surface area is 78.8 Å². The molecule has 4 heteroatoms. The first-order valence-electron chi connectivity index (χ1n) is 4.02. The Morgan fingerprint density at radius 3 is 2.71 bits per heavy atom. The van der Waals surface area contributed by atoms with Gasteiger partial charge < -0.3 is 10.1 Å². The van der Waals surface area contributed by atoms with E-state index in [2.05, 4.69) is 4.98 Å². The molecule has 0 amide bonds. The summed E-state index contributed by atoms with van der Waals surface area (Å²) in [5.41, 5.74) is -0.0526. The lowest BCUT2D eigenvalue weighted by Crippen LogP contribution is -2.02. The van der Waals surface area contributed by atoms with Crippen LogP contribution in [0.1, 0.15) is 10.4 Å². The molecule has 0 bridgehead atoms. The minimum atomic E-state index is -0.993. The van der Waals surface area contributed by atoms with Crippen LogP contribution in [0.5, 0.6) is 0 Å². The van der Waals surface area contributed by atoms with E-state index in [0.717, 1.165) is 5.39 Å². The number of nitrogens with one attached hydrogen (secondary N) is 1. The van der Waals surface area contributed by atoms with Crippen LogP contribution in [0.2, 0.25) is 0 Å². The van der Waals surface area contributed by atoms with Gasteiger partial charge in [0.25, 0.3) is 0 Å². The molecule has 0 unspecified atom stereocenters. The van der Waals surface area contributed by atoms with Crippen LogP contribution in [-0.2, 0) is 0 Å². The lowest BCUT2D eigenvalue weighted by molar-refractivity contribution is 0.0697. The number of benzene rings is 1. The first-order chi connectivity index (χ1) is 6.66. The van der Waals surface area contributed by atoms with E-state index < -0.39 is 5.97 Å². The molecule has 1 aromatic heterocycles. The number of pyridine rings is 1. The Balaban J connectivity index is 2.75. The number of H-pyrrole nitrogens is 1. The lowest BCUT2D eigenvalue weighted by Gasteiger charge is -1.98. The second-order valence-corrected chi connectivity index (χ2v) is 2.95. The molecule has 0 aliphatic rings. The minimum Gasteiger partial charge on any atom is -0.478 e. The van der Waals surface area contributed by atoms with E-state index in [9.17, 15) is 9.59 Å². The summed E-state index contributed by atoms with van der Waals surface area (Å²) in [5.74, 6) is -0.993. The molecule has 0 atom stereocenters. The molecule has 0 saturated heterocycles. The fraction of sp³-hybridized carbons (Fsp3) is 0. The van der Waals surface area contributed by atoms with Gasteiger partial charge >= 0.3 is 5.97 Å². The van der Waals surface area contributed by atoms with Gasteiger partial charge in [-0.3, -0.25) is 4.79 Å². The molecule has 70 valence electrons. The number of aromatic carboxylic acids is 1. The molecular formula is C10H7NO3. The summed E-state index contributed by atoms with van der Waals surface area (Å²) < 4.78 is 0. The van der Waals surface area contributed by atoms with Crippen molar-refractivity contribution in [3.05, 3.63) is 46.4 Å². The third-order valence-electron chi connectivity index (χ3n) is 1.99. The van der Waals surface area contributed by atoms with Crippen LogP contribution in [0.4, 0.5) is 0 Å². The first kappa shape index (κ1) is 8.50. The van der Waals surface area contributed by atoms with E-state index >= 15 is 0 Å². The van der Waals surface area contributed by atoms with Crippen molar-refractivity contribution in [2.24, 2.45) is 0 Å². The number of aromatic nitrogens is 1. The van der Waals surface area contributed by atoms with Crippen LogP contribution >= 0.6 is 0 Å². The highest BCUT2D eigenvalue weighted by atomic mass is 16.4. The normalized spacial score (nSPS) is 10.3. The van der Waals surface area contributed by atoms with Crippen molar-refractivity contribution in [1.82, 2.24) is 4.98 Å². The molecule has 4 nitrogen and oxygen atoms in total. The highest BCUT2D eigenvalue weighted by molar-refractivity contribution is 5.93. The predicted molar refractivity (Wildman–Crippen MR) is 51.5 cm³/mol. The van der Waals surface area contributed by atoms with Crippen LogP contribution < -0.4 is 5.56 Å². The highest BCUT2D eigenvalue weighted by Gasteiger charge is 2.03. The fourth-order valence-corrected chi connectivity index (χ4v) is 1.30. The van der Waals surface area contributed by atoms with Crippen LogP contribution in [-0.4, -0.2) is 16.1 Å². The number of hydrogen-bond acceptors (Lipinski definition) is 2. The number of hydrogen-bond donors (Lipinski definition) is 2. The number of carboxylic acids is 1. The van der Waals surface area contributed by atoms with Gasteiger partial charge in [0.1, 0.15) is 0 Å². The number of rotatable bonds is 1. The molecule has 1 aromatic carbocycles. The summed E-state index contributed by atoms with van der Waals surface area (Å²) in [7, 11) is 0. The molecule has 14 heavy (non-hydrogen) atoms. The van der Waals surface area contributed by atoms with Crippen LogP contribution in [0.3, 0.4) is 0 Å². The Hall–Kier alpha value is -2.10. The summed E-state index contributed by atoms with van der Waals surface area (Å²) in [6.07, 6.45) is 1.56. The molecule has 0 saturated carbocycles. The average molecular weight is 189 g/mol. The second kappa shape index (κ2) is 2.99. The Morgan fingerprint density at radius 2 is 2.00 bits per heavy atom. The predicted octanol–water partition coefficient (Wildman–Crippen LogP) is 1.23. The number of carbonyl (C=O) groups is 1. The molecule has 2 aromatic rings. The van der Waals surface area contributed by atoms with E-state index in [1.54, 1.807) is 12.3 Å². The topological polar surface area (TPSA) is 70.2 Å². The standard InChI is InChI=1S/C10H7NO3/c12-9-4-8-3-6(10(13)14)1-2-7(8)5-11-9/h1-5H,(H,11,12)(H,13,14). The van der Waals surface area contributed by atoms with Crippen molar-refractivity contribution in [2.75, 3.05) is 0 Å². The summed E-state index contributed by atoms with van der Waals surface area (Å²) >= 11 is 0. The molecule has 2 N–H and O–H groups in total. The van der Waals surface area contributed by atoms with Gasteiger partial charge in [0.2, 0.25) is 5.56 Å². The zero-order valence-corrected chi connectivity index (χ0v) is 7.15. The third kappa shape index (κ3) is 1.37. The third-order valence-corrected chi connectivity index (χ3v) is 1.99. The van der Waals surface area contributed by atoms with Crippen LogP contribution in [0.15, 0.2) is 35.3 Å². The SMILES string of the molecule is O=C(O)c1ccc2c[nH]c(=O)cc2c1. The van der Waals surface area contributed by atoms with E-state index in [0.29, 0.717) is 5.39 Å². The maximum Gasteiger partial charge on any atom is 0.335 e. The van der Waals surface area contributed by atoms with Gasteiger partial charge in [-0.1, -0.05) is 6.07 Å². The van der Waals surface area contributed by atoms with Crippen molar-refractivity contribution in [1.29, 1.82) is 0 Å². The fourth-order valence-electron chi connectivity index (χ4n) is 1.30. The van der Waals surface area contributed by atoms with Gasteiger partial charge in [0.05, 0.1) is 5.56 Å². The highest BCUT2D eigenvalue weighted by Crippen LogP contribution is 2.12. The molecule has 0 spiro atoms. The molecule has 0 fully saturated rings. The van der Waals surface area contributed by atoms with E-state index in [1.165, 1.54) is 18.2 Å². The van der Waals surface area contributed by atoms with Gasteiger partial charge in [-0.2, -0.15) is 0 Å². The first-order valence-corrected chi connectivity index (χ1v) is 4.02. The summed E-state index contributed by atoms with van der Waals surface area (Å²) in [6, 6.07) is 6.02. The monoisotopic (exact) mass is 189 g/mol. The number of aromatic amines is 1. The molecular weight excluding hydrogens is 182 g/mol. The molecule has 0 radical (unpaired) electrons. The summed E-state index contributed by atoms with van der Waals surface area (Å²) in [5, 5.41) is 10.2. The second-order valence-electron chi connectivity index (χ2n) is 2.95. The van der Waals surface area contributed by atoms with E-state index in [-0.39, 0.29) is 11.1 Å². The molecule has 1 heterocycles. The van der Waals surface area contributed by atoms with Crippen molar-refractivity contribution < 1.29 is 9.90 Å². The zero-order chi connectivity index (χ0) is 10.1. The maximum atomic E-state index is 11.0. The molecule has 0 aliphatic heterocycles. The minimum absolute atomic E-state index is 0.183. The Bertz CT molecular complexity index is 557. The lowest BCUT2D eigenvalue weighted by atomic mass is 10.1. The van der Waals surface area contributed by atoms with Gasteiger partial charge in [0, 0.05) is 12.3 Å². The van der Waals surface area contributed by atoms with Gasteiger partial charge in [0.15, 0.2) is 0 Å². The van der Waals surface area contributed by atoms with Crippen LogP contribution in [0.25, 0.3) is 10.8 Å². The smallest absolute Gasteiger partial charge is 0.335 e. The van der Waals surface area contributed by atoms with Crippen LogP contribution in [0, 0.1) is 0 Å². The largest absolute Gasteiger partial charge is 0.478 e. The molecule has 0 aliphatic carbocycles. The number of fused-ring (bicyclic) bond motifs is 1. The Morgan fingerprint density at radius 1 is 1.21 bits per heavy atom. The summed E-state index contributed by atoms with van der Waals surface area (Å²) in [4.78, 5) is 24.1. The van der Waals surface area contributed by atoms with Gasteiger partial charge in [-0.05, 0) is 22.9 Å². The zero-order valence-electron chi connectivity index (χ0n) is 7.15. The van der Waals surface area contributed by atoms with Crippen molar-refractivity contribution in [3.8, 4) is 0 Å². The van der Waals surface area contributed by atoms with Crippen molar-refractivity contribution in [3.63, 3.8) is 0 Å². The molecule has 2 rings (SSSR count). The van der Waals surface area contributed by atoms with Gasteiger partial charge in [-0.15, -0.1) is 0 Å². The van der Waals surface area contributed by atoms with Crippen molar-refractivity contribution >= 4 is 16.7 Å². The van der Waals surface area contributed by atoms with Gasteiger partial charge in [-0.25, -0.2) is 4.79 Å².